The topological polar surface area (TPSA) is 51.3 Å². The smallest absolute Gasteiger partial charge is 0.222 e. The maximum Gasteiger partial charge on any atom is 0.222 e. The van der Waals surface area contributed by atoms with Crippen molar-refractivity contribution in [2.75, 3.05) is 14.1 Å². The van der Waals surface area contributed by atoms with Gasteiger partial charge in [-0.05, 0) is 35.6 Å². The van der Waals surface area contributed by atoms with Gasteiger partial charge in [-0.3, -0.25) is 4.79 Å². The van der Waals surface area contributed by atoms with Crippen molar-refractivity contribution in [1.82, 2.24) is 9.47 Å². The molecule has 2 aromatic rings. The summed E-state index contributed by atoms with van der Waals surface area (Å²) in [5.74, 6) is 0.182. The molecule has 0 atom stereocenters. The van der Waals surface area contributed by atoms with Gasteiger partial charge in [-0.25, -0.2) is 0 Å². The van der Waals surface area contributed by atoms with Crippen LogP contribution < -0.4 is 5.73 Å². The molecule has 4 heteroatoms. The molecule has 2 rings (SSSR count). The van der Waals surface area contributed by atoms with Crippen molar-refractivity contribution in [1.29, 1.82) is 0 Å². The Labute approximate surface area is 113 Å². The van der Waals surface area contributed by atoms with Crippen LogP contribution in [0.5, 0.6) is 0 Å². The molecule has 0 aliphatic rings. The third-order valence-corrected chi connectivity index (χ3v) is 3.36. The molecule has 1 aromatic heterocycles. The van der Waals surface area contributed by atoms with Gasteiger partial charge in [0.05, 0.1) is 0 Å². The molecule has 2 N–H and O–H groups in total. The summed E-state index contributed by atoms with van der Waals surface area (Å²) in [5.41, 5.74) is 7.99. The Morgan fingerprint density at radius 3 is 2.79 bits per heavy atom. The van der Waals surface area contributed by atoms with E-state index in [2.05, 4.69) is 35.0 Å². The summed E-state index contributed by atoms with van der Waals surface area (Å²) in [4.78, 5) is 13.2. The van der Waals surface area contributed by atoms with Crippen molar-refractivity contribution in [2.24, 2.45) is 5.73 Å². The molecule has 19 heavy (non-hydrogen) atoms. The second kappa shape index (κ2) is 5.89. The van der Waals surface area contributed by atoms with E-state index in [9.17, 15) is 4.79 Å². The second-order valence-corrected chi connectivity index (χ2v) is 5.00. The monoisotopic (exact) mass is 259 g/mol. The number of benzene rings is 1. The molecule has 0 radical (unpaired) electrons. The zero-order valence-corrected chi connectivity index (χ0v) is 11.6. The van der Waals surface area contributed by atoms with E-state index < -0.39 is 0 Å². The van der Waals surface area contributed by atoms with E-state index in [0.29, 0.717) is 13.0 Å². The first-order chi connectivity index (χ1) is 9.11. The summed E-state index contributed by atoms with van der Waals surface area (Å²) < 4.78 is 2.19. The Bertz CT molecular complexity index is 572. The molecule has 0 bridgehead atoms. The average Bonchev–Trinajstić information content (AvgIpc) is 2.80. The van der Waals surface area contributed by atoms with Crippen molar-refractivity contribution in [3.05, 3.63) is 36.0 Å². The lowest BCUT2D eigenvalue weighted by Crippen LogP contribution is -2.21. The molecule has 4 nitrogen and oxygen atoms in total. The first-order valence-corrected chi connectivity index (χ1v) is 6.60. The fourth-order valence-corrected chi connectivity index (χ4v) is 2.20. The summed E-state index contributed by atoms with van der Waals surface area (Å²) in [6.45, 7) is 1.43. The van der Waals surface area contributed by atoms with E-state index in [-0.39, 0.29) is 5.91 Å². The number of hydrogen-bond donors (Lipinski definition) is 1. The third-order valence-electron chi connectivity index (χ3n) is 3.36. The predicted molar refractivity (Wildman–Crippen MR) is 77.8 cm³/mol. The van der Waals surface area contributed by atoms with Gasteiger partial charge >= 0.3 is 0 Å². The summed E-state index contributed by atoms with van der Waals surface area (Å²) in [7, 11) is 3.59. The number of aromatic nitrogens is 1. The van der Waals surface area contributed by atoms with Crippen molar-refractivity contribution in [3.63, 3.8) is 0 Å². The number of rotatable bonds is 5. The van der Waals surface area contributed by atoms with Crippen molar-refractivity contribution in [3.8, 4) is 0 Å². The van der Waals surface area contributed by atoms with Gasteiger partial charge in [0.15, 0.2) is 0 Å². The minimum Gasteiger partial charge on any atom is -0.349 e. The van der Waals surface area contributed by atoms with Gasteiger partial charge in [0.25, 0.3) is 0 Å². The number of carbonyl (C=O) groups is 1. The SMILES string of the molecule is CN(C)C(=O)CCCn1ccc2cc(CN)ccc21. The number of aryl methyl sites for hydroxylation is 1. The number of nitrogens with two attached hydrogens (primary N) is 1. The summed E-state index contributed by atoms with van der Waals surface area (Å²) >= 11 is 0. The van der Waals surface area contributed by atoms with Gasteiger partial charge in [-0.2, -0.15) is 0 Å². The zero-order chi connectivity index (χ0) is 13.8. The van der Waals surface area contributed by atoms with Crippen LogP contribution in [0.4, 0.5) is 0 Å². The summed E-state index contributed by atoms with van der Waals surface area (Å²) in [6.07, 6.45) is 3.53. The highest BCUT2D eigenvalue weighted by Crippen LogP contribution is 2.18. The second-order valence-electron chi connectivity index (χ2n) is 5.00. The molecule has 0 aliphatic carbocycles. The molecule has 1 heterocycles. The van der Waals surface area contributed by atoms with Crippen molar-refractivity contribution >= 4 is 16.8 Å². The number of amides is 1. The summed E-state index contributed by atoms with van der Waals surface area (Å²) in [5, 5.41) is 1.21. The van der Waals surface area contributed by atoms with E-state index in [1.165, 1.54) is 10.9 Å². The van der Waals surface area contributed by atoms with Gasteiger partial charge in [-0.15, -0.1) is 0 Å². The molecule has 0 saturated carbocycles. The van der Waals surface area contributed by atoms with Crippen LogP contribution in [-0.2, 0) is 17.9 Å². The van der Waals surface area contributed by atoms with Gasteiger partial charge < -0.3 is 15.2 Å². The highest BCUT2D eigenvalue weighted by molar-refractivity contribution is 5.81. The van der Waals surface area contributed by atoms with Crippen LogP contribution in [0.25, 0.3) is 10.9 Å². The lowest BCUT2D eigenvalue weighted by atomic mass is 10.1. The van der Waals surface area contributed by atoms with E-state index in [4.69, 9.17) is 5.73 Å². The Balaban J connectivity index is 2.03. The van der Waals surface area contributed by atoms with Crippen LogP contribution in [0.1, 0.15) is 18.4 Å². The number of hydrogen-bond acceptors (Lipinski definition) is 2. The van der Waals surface area contributed by atoms with Crippen LogP contribution in [-0.4, -0.2) is 29.5 Å². The van der Waals surface area contributed by atoms with E-state index in [0.717, 1.165) is 18.5 Å². The number of fused-ring (bicyclic) bond motifs is 1. The Morgan fingerprint density at radius 1 is 1.32 bits per heavy atom. The molecule has 1 aromatic carbocycles. The normalized spacial score (nSPS) is 10.9. The van der Waals surface area contributed by atoms with Crippen molar-refractivity contribution < 1.29 is 4.79 Å². The predicted octanol–water partition coefficient (Wildman–Crippen LogP) is 1.97. The molecule has 102 valence electrons. The quantitative estimate of drug-likeness (QED) is 0.892. The fraction of sp³-hybridized carbons (Fsp3) is 0.400. The maximum atomic E-state index is 11.5. The molecule has 0 saturated heterocycles. The number of carbonyl (C=O) groups excluding carboxylic acids is 1. The largest absolute Gasteiger partial charge is 0.349 e. The maximum absolute atomic E-state index is 11.5. The minimum atomic E-state index is 0.182. The minimum absolute atomic E-state index is 0.182. The Morgan fingerprint density at radius 2 is 2.11 bits per heavy atom. The molecule has 1 amide bonds. The zero-order valence-electron chi connectivity index (χ0n) is 11.6. The first-order valence-electron chi connectivity index (χ1n) is 6.60. The molecule has 0 aliphatic heterocycles. The van der Waals surface area contributed by atoms with Gasteiger partial charge in [0, 0.05) is 45.3 Å². The van der Waals surface area contributed by atoms with Gasteiger partial charge in [0.1, 0.15) is 0 Å². The van der Waals surface area contributed by atoms with Crippen LogP contribution in [0.3, 0.4) is 0 Å². The highest BCUT2D eigenvalue weighted by Gasteiger charge is 2.05. The average molecular weight is 259 g/mol. The van der Waals surface area contributed by atoms with Crippen LogP contribution in [0, 0.1) is 0 Å². The molecule has 0 spiro atoms. The molecular formula is C15H21N3O. The first kappa shape index (κ1) is 13.6. The Hall–Kier alpha value is -1.81. The summed E-state index contributed by atoms with van der Waals surface area (Å²) in [6, 6.07) is 8.38. The molecule has 0 unspecified atom stereocenters. The Kier molecular flexibility index (Phi) is 4.22. The van der Waals surface area contributed by atoms with Gasteiger partial charge in [-0.1, -0.05) is 6.07 Å². The van der Waals surface area contributed by atoms with Crippen LogP contribution in [0.15, 0.2) is 30.5 Å². The lowest BCUT2D eigenvalue weighted by molar-refractivity contribution is -0.128. The third kappa shape index (κ3) is 3.15. The fourth-order valence-electron chi connectivity index (χ4n) is 2.20. The highest BCUT2D eigenvalue weighted by atomic mass is 16.2. The number of nitrogens with zero attached hydrogens (tertiary/aromatic N) is 2. The van der Waals surface area contributed by atoms with E-state index >= 15 is 0 Å². The van der Waals surface area contributed by atoms with Crippen LogP contribution >= 0.6 is 0 Å². The standard InChI is InChI=1S/C15H21N3O/c1-17(2)15(19)4-3-8-18-9-7-13-10-12(11-16)5-6-14(13)18/h5-7,9-10H,3-4,8,11,16H2,1-2H3. The van der Waals surface area contributed by atoms with E-state index in [1.54, 1.807) is 19.0 Å². The van der Waals surface area contributed by atoms with Gasteiger partial charge in [0.2, 0.25) is 5.91 Å². The molecule has 0 fully saturated rings. The lowest BCUT2D eigenvalue weighted by Gasteiger charge is -2.10. The van der Waals surface area contributed by atoms with Crippen LogP contribution in [0.2, 0.25) is 0 Å². The molecular weight excluding hydrogens is 238 g/mol. The van der Waals surface area contributed by atoms with E-state index in [1.807, 2.05) is 0 Å². The van der Waals surface area contributed by atoms with Crippen molar-refractivity contribution in [2.45, 2.75) is 25.9 Å².